The lowest BCUT2D eigenvalue weighted by Crippen LogP contribution is -2.40. The van der Waals surface area contributed by atoms with E-state index in [4.69, 9.17) is 16.2 Å². The minimum atomic E-state index is -4.15. The first-order valence-corrected chi connectivity index (χ1v) is 14.3. The Bertz CT molecular complexity index is 1500. The maximum absolute atomic E-state index is 13.1. The molecule has 1 heterocycles. The highest BCUT2D eigenvalue weighted by molar-refractivity contribution is 7.92. The van der Waals surface area contributed by atoms with Crippen molar-refractivity contribution in [1.29, 1.82) is 0 Å². The van der Waals surface area contributed by atoms with Crippen molar-refractivity contribution in [2.75, 3.05) is 18.4 Å². The average Bonchev–Trinajstić information content (AvgIpc) is 3.37. The number of anilines is 1. The van der Waals surface area contributed by atoms with Gasteiger partial charge in [-0.15, -0.1) is 11.3 Å². The van der Waals surface area contributed by atoms with Gasteiger partial charge in [0, 0.05) is 18.5 Å². The SMILES string of the molecule is COc1ccc(C(=O)Cc2cccc(S(=O)(=O)Nc3ccsc3C(=O)N[C@@H](CCCN=C(N)N)C(=O)O)c2)cc1. The van der Waals surface area contributed by atoms with E-state index < -0.39 is 27.9 Å². The molecule has 0 spiro atoms. The van der Waals surface area contributed by atoms with E-state index in [-0.39, 0.29) is 46.6 Å². The summed E-state index contributed by atoms with van der Waals surface area (Å²) < 4.78 is 33.8. The molecule has 0 radical (unpaired) electrons. The van der Waals surface area contributed by atoms with Gasteiger partial charge in [-0.1, -0.05) is 12.1 Å². The van der Waals surface area contributed by atoms with Crippen LogP contribution in [0.4, 0.5) is 5.69 Å². The second-order valence-corrected chi connectivity index (χ2v) is 11.2. The largest absolute Gasteiger partial charge is 0.497 e. The third-order valence-electron chi connectivity index (χ3n) is 5.65. The van der Waals surface area contributed by atoms with Crippen molar-refractivity contribution in [3.8, 4) is 5.75 Å². The van der Waals surface area contributed by atoms with Gasteiger partial charge in [-0.2, -0.15) is 0 Å². The normalized spacial score (nSPS) is 11.7. The maximum atomic E-state index is 13.1. The van der Waals surface area contributed by atoms with Crippen LogP contribution in [0.25, 0.3) is 0 Å². The Hall–Kier alpha value is -4.43. The summed E-state index contributed by atoms with van der Waals surface area (Å²) in [5.41, 5.74) is 11.4. The fourth-order valence-corrected chi connectivity index (χ4v) is 5.60. The molecule has 212 valence electrons. The summed E-state index contributed by atoms with van der Waals surface area (Å²) in [5, 5.41) is 13.4. The van der Waals surface area contributed by atoms with Crippen molar-refractivity contribution < 1.29 is 32.6 Å². The third kappa shape index (κ3) is 8.28. The van der Waals surface area contributed by atoms with E-state index in [0.29, 0.717) is 23.3 Å². The molecule has 0 aliphatic rings. The number of hydrogen-bond donors (Lipinski definition) is 5. The number of carboxylic acid groups (broad SMARTS) is 1. The molecule has 3 rings (SSSR count). The van der Waals surface area contributed by atoms with E-state index in [1.165, 1.54) is 36.8 Å². The number of carbonyl (C=O) groups is 3. The summed E-state index contributed by atoms with van der Waals surface area (Å²) >= 11 is 0.951. The molecule has 1 aromatic heterocycles. The maximum Gasteiger partial charge on any atom is 0.326 e. The molecule has 1 atom stereocenters. The number of guanidine groups is 1. The first-order chi connectivity index (χ1) is 19.0. The number of benzene rings is 2. The molecule has 0 saturated carbocycles. The zero-order valence-corrected chi connectivity index (χ0v) is 23.1. The minimum absolute atomic E-state index is 0.00754. The highest BCUT2D eigenvalue weighted by atomic mass is 32.2. The van der Waals surface area contributed by atoms with E-state index >= 15 is 0 Å². The van der Waals surface area contributed by atoms with Crippen LogP contribution in [0.1, 0.15) is 38.4 Å². The Labute approximate surface area is 235 Å². The summed E-state index contributed by atoms with van der Waals surface area (Å²) in [7, 11) is -2.63. The topological polar surface area (TPSA) is 203 Å². The molecule has 1 amide bonds. The molecule has 0 unspecified atom stereocenters. The van der Waals surface area contributed by atoms with Crippen LogP contribution in [0.2, 0.25) is 0 Å². The fourth-order valence-electron chi connectivity index (χ4n) is 3.64. The summed E-state index contributed by atoms with van der Waals surface area (Å²) in [5.74, 6) is -1.72. The highest BCUT2D eigenvalue weighted by Crippen LogP contribution is 2.26. The molecular weight excluding hydrogens is 558 g/mol. The van der Waals surface area contributed by atoms with Crippen LogP contribution < -0.4 is 26.2 Å². The van der Waals surface area contributed by atoms with Gasteiger partial charge >= 0.3 is 5.97 Å². The number of aliphatic imine (C=N–C) groups is 1. The number of Topliss-reactive ketones (excluding diaryl/α,β-unsaturated/α-hetero) is 1. The minimum Gasteiger partial charge on any atom is -0.497 e. The Balaban J connectivity index is 1.70. The van der Waals surface area contributed by atoms with E-state index in [9.17, 15) is 27.9 Å². The van der Waals surface area contributed by atoms with Crippen molar-refractivity contribution in [3.05, 3.63) is 76.0 Å². The number of amides is 1. The number of carboxylic acids is 1. The Kier molecular flexibility index (Phi) is 10.2. The van der Waals surface area contributed by atoms with Gasteiger partial charge in [-0.05, 0) is 66.2 Å². The van der Waals surface area contributed by atoms with Crippen molar-refractivity contribution in [2.24, 2.45) is 16.5 Å². The van der Waals surface area contributed by atoms with Crippen LogP contribution in [0.3, 0.4) is 0 Å². The summed E-state index contributed by atoms with van der Waals surface area (Å²) in [4.78, 5) is 40.8. The molecule has 40 heavy (non-hydrogen) atoms. The van der Waals surface area contributed by atoms with Gasteiger partial charge in [0.1, 0.15) is 16.7 Å². The van der Waals surface area contributed by atoms with Gasteiger partial charge in [0.25, 0.3) is 15.9 Å². The first-order valence-electron chi connectivity index (χ1n) is 12.0. The first kappa shape index (κ1) is 30.1. The number of nitrogens with zero attached hydrogens (tertiary/aromatic N) is 1. The lowest BCUT2D eigenvalue weighted by atomic mass is 10.0. The van der Waals surface area contributed by atoms with E-state index in [2.05, 4.69) is 15.0 Å². The Morgan fingerprint density at radius 2 is 1.82 bits per heavy atom. The molecule has 0 aliphatic heterocycles. The van der Waals surface area contributed by atoms with Gasteiger partial charge in [0.15, 0.2) is 11.7 Å². The molecule has 7 N–H and O–H groups in total. The standard InChI is InChI=1S/C26H29N5O7S2/c1-38-18-9-7-17(8-10-18)22(32)15-16-4-2-5-19(14-16)40(36,37)31-20-11-13-39-23(20)24(33)30-21(25(34)35)6-3-12-29-26(27)28/h2,4-5,7-11,13-14,21,31H,3,6,12,15H2,1H3,(H,30,33)(H,34,35)(H4,27,28,29)/t21-/m0/s1. The number of aliphatic carboxylic acids is 1. The summed E-state index contributed by atoms with van der Waals surface area (Å²) in [6.45, 7) is 0.191. The Morgan fingerprint density at radius 3 is 2.48 bits per heavy atom. The zero-order valence-electron chi connectivity index (χ0n) is 21.5. The van der Waals surface area contributed by atoms with E-state index in [1.54, 1.807) is 30.3 Å². The monoisotopic (exact) mass is 587 g/mol. The van der Waals surface area contributed by atoms with E-state index in [0.717, 1.165) is 11.3 Å². The number of carbonyl (C=O) groups excluding carboxylic acids is 2. The number of hydrogen-bond acceptors (Lipinski definition) is 8. The molecular formula is C26H29N5O7S2. The average molecular weight is 588 g/mol. The van der Waals surface area contributed by atoms with Crippen LogP contribution in [0, 0.1) is 0 Å². The number of sulfonamides is 1. The summed E-state index contributed by atoms with van der Waals surface area (Å²) in [6, 6.07) is 12.7. The van der Waals surface area contributed by atoms with Crippen molar-refractivity contribution in [1.82, 2.24) is 5.32 Å². The number of methoxy groups -OCH3 is 1. The molecule has 0 fully saturated rings. The quantitative estimate of drug-likeness (QED) is 0.0811. The lowest BCUT2D eigenvalue weighted by Gasteiger charge is -2.15. The lowest BCUT2D eigenvalue weighted by molar-refractivity contribution is -0.139. The molecule has 2 aromatic carbocycles. The van der Waals surface area contributed by atoms with Crippen LogP contribution in [0.15, 0.2) is 69.9 Å². The molecule has 0 bridgehead atoms. The Morgan fingerprint density at radius 1 is 1.10 bits per heavy atom. The van der Waals surface area contributed by atoms with Gasteiger partial charge in [0.2, 0.25) is 0 Å². The zero-order chi connectivity index (χ0) is 29.3. The van der Waals surface area contributed by atoms with Crippen LogP contribution in [-0.2, 0) is 21.2 Å². The summed E-state index contributed by atoms with van der Waals surface area (Å²) in [6.07, 6.45) is 0.338. The number of nitrogens with two attached hydrogens (primary N) is 2. The second-order valence-electron chi connectivity index (χ2n) is 8.56. The molecule has 14 heteroatoms. The van der Waals surface area contributed by atoms with Gasteiger partial charge < -0.3 is 26.6 Å². The van der Waals surface area contributed by atoms with Crippen molar-refractivity contribution in [2.45, 2.75) is 30.2 Å². The number of ether oxygens (including phenoxy) is 1. The van der Waals surface area contributed by atoms with E-state index in [1.807, 2.05) is 0 Å². The number of ketones is 1. The van der Waals surface area contributed by atoms with Crippen LogP contribution in [0.5, 0.6) is 5.75 Å². The predicted octanol–water partition coefficient (Wildman–Crippen LogP) is 2.22. The fraction of sp³-hybridized carbons (Fsp3) is 0.231. The molecule has 0 saturated heterocycles. The van der Waals surface area contributed by atoms with Gasteiger partial charge in [0.05, 0.1) is 17.7 Å². The highest BCUT2D eigenvalue weighted by Gasteiger charge is 2.25. The third-order valence-corrected chi connectivity index (χ3v) is 7.93. The second kappa shape index (κ2) is 13.6. The van der Waals surface area contributed by atoms with Crippen LogP contribution >= 0.6 is 11.3 Å². The number of rotatable bonds is 14. The smallest absolute Gasteiger partial charge is 0.326 e. The number of nitrogens with one attached hydrogen (secondary N) is 2. The predicted molar refractivity (Wildman–Crippen MR) is 151 cm³/mol. The molecule has 0 aliphatic carbocycles. The van der Waals surface area contributed by atoms with Gasteiger partial charge in [-0.3, -0.25) is 19.3 Å². The number of thiophene rings is 1. The van der Waals surface area contributed by atoms with Crippen molar-refractivity contribution in [3.63, 3.8) is 0 Å². The van der Waals surface area contributed by atoms with Crippen molar-refractivity contribution >= 4 is 50.7 Å². The molecule has 3 aromatic rings. The van der Waals surface area contributed by atoms with Crippen LogP contribution in [-0.4, -0.2) is 56.8 Å². The van der Waals surface area contributed by atoms with Gasteiger partial charge in [-0.25, -0.2) is 13.2 Å². The molecule has 12 nitrogen and oxygen atoms in total.